The van der Waals surface area contributed by atoms with Crippen molar-refractivity contribution in [3.63, 3.8) is 0 Å². The van der Waals surface area contributed by atoms with Crippen LogP contribution < -0.4 is 0 Å². The summed E-state index contributed by atoms with van der Waals surface area (Å²) in [6.45, 7) is 3.88. The highest BCUT2D eigenvalue weighted by Gasteiger charge is 2.35. The number of ether oxygens (including phenoxy) is 1. The molecular weight excluding hydrogens is 198 g/mol. The molecule has 1 saturated heterocycles. The largest absolute Gasteiger partial charge is 0.370 e. The zero-order valence-electron chi connectivity index (χ0n) is 8.84. The molecule has 1 aliphatic heterocycles. The molecule has 1 nitrogen and oxygen atoms in total. The van der Waals surface area contributed by atoms with Crippen LogP contribution in [0, 0.1) is 11.6 Å². The predicted octanol–water partition coefficient (Wildman–Crippen LogP) is 3.25. The summed E-state index contributed by atoms with van der Waals surface area (Å²) in [5.41, 5.74) is 0.442. The number of halogens is 2. The summed E-state index contributed by atoms with van der Waals surface area (Å²) in [5, 5.41) is 0. The fourth-order valence-electron chi connectivity index (χ4n) is 1.85. The molecule has 1 heterocycles. The van der Waals surface area contributed by atoms with Gasteiger partial charge in [-0.15, -0.1) is 0 Å². The molecule has 1 aliphatic rings. The van der Waals surface area contributed by atoms with E-state index in [2.05, 4.69) is 0 Å². The molecule has 0 bridgehead atoms. The highest BCUT2D eigenvalue weighted by molar-refractivity contribution is 5.22. The lowest BCUT2D eigenvalue weighted by Gasteiger charge is -2.11. The Morgan fingerprint density at radius 2 is 2.07 bits per heavy atom. The van der Waals surface area contributed by atoms with E-state index in [4.69, 9.17) is 4.74 Å². The van der Waals surface area contributed by atoms with Crippen molar-refractivity contribution in [2.75, 3.05) is 0 Å². The molecule has 82 valence electrons. The zero-order valence-corrected chi connectivity index (χ0v) is 8.84. The van der Waals surface area contributed by atoms with Gasteiger partial charge in [0.25, 0.3) is 0 Å². The van der Waals surface area contributed by atoms with E-state index in [1.165, 1.54) is 0 Å². The van der Waals surface area contributed by atoms with Crippen molar-refractivity contribution >= 4 is 0 Å². The monoisotopic (exact) mass is 212 g/mol. The summed E-state index contributed by atoms with van der Waals surface area (Å²) in [4.78, 5) is 0. The quantitative estimate of drug-likeness (QED) is 0.701. The van der Waals surface area contributed by atoms with Crippen LogP contribution in [0.15, 0.2) is 18.2 Å². The summed E-state index contributed by atoms with van der Waals surface area (Å²) in [5.74, 6) is -1.50. The Labute approximate surface area is 88.1 Å². The van der Waals surface area contributed by atoms with Crippen LogP contribution in [0.2, 0.25) is 0 Å². The van der Waals surface area contributed by atoms with Crippen LogP contribution in [-0.4, -0.2) is 12.2 Å². The second-order valence-electron chi connectivity index (χ2n) is 4.16. The first-order chi connectivity index (χ1) is 7.09. The first-order valence-corrected chi connectivity index (χ1v) is 5.19. The van der Waals surface area contributed by atoms with Crippen molar-refractivity contribution in [3.05, 3.63) is 35.4 Å². The molecule has 3 atom stereocenters. The SMILES string of the molecule is CC(CC1OC1C)c1cccc(F)c1F. The van der Waals surface area contributed by atoms with Crippen molar-refractivity contribution in [1.82, 2.24) is 0 Å². The molecule has 0 spiro atoms. The van der Waals surface area contributed by atoms with Crippen LogP contribution in [0.3, 0.4) is 0 Å². The van der Waals surface area contributed by atoms with Crippen LogP contribution >= 0.6 is 0 Å². The molecule has 3 heteroatoms. The van der Waals surface area contributed by atoms with Gasteiger partial charge in [0.15, 0.2) is 11.6 Å². The van der Waals surface area contributed by atoms with Gasteiger partial charge in [-0.3, -0.25) is 0 Å². The topological polar surface area (TPSA) is 12.5 Å². The first kappa shape index (κ1) is 10.6. The van der Waals surface area contributed by atoms with Gasteiger partial charge in [0.05, 0.1) is 12.2 Å². The molecule has 1 aromatic rings. The van der Waals surface area contributed by atoms with Gasteiger partial charge in [-0.1, -0.05) is 19.1 Å². The first-order valence-electron chi connectivity index (χ1n) is 5.19. The lowest BCUT2D eigenvalue weighted by atomic mass is 9.95. The van der Waals surface area contributed by atoms with Crippen molar-refractivity contribution < 1.29 is 13.5 Å². The minimum absolute atomic E-state index is 0.00403. The van der Waals surface area contributed by atoms with E-state index in [1.54, 1.807) is 12.1 Å². The van der Waals surface area contributed by atoms with Crippen molar-refractivity contribution in [1.29, 1.82) is 0 Å². The van der Waals surface area contributed by atoms with E-state index >= 15 is 0 Å². The molecule has 0 amide bonds. The van der Waals surface area contributed by atoms with Crippen LogP contribution in [0.5, 0.6) is 0 Å². The normalized spacial score (nSPS) is 26.4. The maximum absolute atomic E-state index is 13.4. The van der Waals surface area contributed by atoms with Gasteiger partial charge in [-0.25, -0.2) is 8.78 Å². The summed E-state index contributed by atoms with van der Waals surface area (Å²) < 4.78 is 31.6. The Balaban J connectivity index is 2.11. The summed E-state index contributed by atoms with van der Waals surface area (Å²) in [7, 11) is 0. The van der Waals surface area contributed by atoms with E-state index < -0.39 is 11.6 Å². The minimum atomic E-state index is -0.774. The highest BCUT2D eigenvalue weighted by atomic mass is 19.2. The number of hydrogen-bond acceptors (Lipinski definition) is 1. The van der Waals surface area contributed by atoms with Gasteiger partial charge >= 0.3 is 0 Å². The Hall–Kier alpha value is -0.960. The van der Waals surface area contributed by atoms with Crippen LogP contribution in [0.1, 0.15) is 31.7 Å². The standard InChI is InChI=1S/C12H14F2O/c1-7(6-11-8(2)15-11)9-4-3-5-10(13)12(9)14/h3-5,7-8,11H,6H2,1-2H3. The predicted molar refractivity (Wildman–Crippen MR) is 53.7 cm³/mol. The van der Waals surface area contributed by atoms with Gasteiger partial charge in [0.2, 0.25) is 0 Å². The molecule has 2 rings (SSSR count). The Kier molecular flexibility index (Phi) is 2.74. The minimum Gasteiger partial charge on any atom is -0.370 e. The van der Waals surface area contributed by atoms with Crippen molar-refractivity contribution in [2.24, 2.45) is 0 Å². The zero-order chi connectivity index (χ0) is 11.0. The number of benzene rings is 1. The molecule has 0 aromatic heterocycles. The number of epoxide rings is 1. The Bertz CT molecular complexity index is 365. The third-order valence-electron chi connectivity index (χ3n) is 2.93. The molecule has 3 unspecified atom stereocenters. The maximum atomic E-state index is 13.4. The smallest absolute Gasteiger partial charge is 0.162 e. The second-order valence-corrected chi connectivity index (χ2v) is 4.16. The van der Waals surface area contributed by atoms with Gasteiger partial charge in [-0.05, 0) is 30.9 Å². The highest BCUT2D eigenvalue weighted by Crippen LogP contribution is 2.33. The molecule has 15 heavy (non-hydrogen) atoms. The van der Waals surface area contributed by atoms with E-state index in [0.29, 0.717) is 5.56 Å². The van der Waals surface area contributed by atoms with E-state index in [9.17, 15) is 8.78 Å². The fraction of sp³-hybridized carbons (Fsp3) is 0.500. The molecule has 1 aromatic carbocycles. The summed E-state index contributed by atoms with van der Waals surface area (Å²) in [6, 6.07) is 4.32. The second kappa shape index (κ2) is 3.89. The molecule has 0 N–H and O–H groups in total. The number of hydrogen-bond donors (Lipinski definition) is 0. The third-order valence-corrected chi connectivity index (χ3v) is 2.93. The van der Waals surface area contributed by atoms with Crippen LogP contribution in [0.4, 0.5) is 8.78 Å². The summed E-state index contributed by atoms with van der Waals surface area (Å²) >= 11 is 0. The van der Waals surface area contributed by atoms with E-state index in [0.717, 1.165) is 12.5 Å². The number of rotatable bonds is 3. The van der Waals surface area contributed by atoms with E-state index in [1.807, 2.05) is 13.8 Å². The van der Waals surface area contributed by atoms with Gasteiger partial charge in [0.1, 0.15) is 0 Å². The van der Waals surface area contributed by atoms with Gasteiger partial charge in [0, 0.05) is 0 Å². The Morgan fingerprint density at radius 3 is 2.67 bits per heavy atom. The van der Waals surface area contributed by atoms with Crippen LogP contribution in [-0.2, 0) is 4.74 Å². The van der Waals surface area contributed by atoms with Gasteiger partial charge < -0.3 is 4.74 Å². The molecular formula is C12H14F2O. The molecule has 0 aliphatic carbocycles. The summed E-state index contributed by atoms with van der Waals surface area (Å²) in [6.07, 6.45) is 1.23. The maximum Gasteiger partial charge on any atom is 0.162 e. The average Bonchev–Trinajstić information content (AvgIpc) is 2.86. The molecule has 1 fully saturated rings. The van der Waals surface area contributed by atoms with E-state index in [-0.39, 0.29) is 18.1 Å². The third kappa shape index (κ3) is 2.17. The lowest BCUT2D eigenvalue weighted by molar-refractivity contribution is 0.360. The average molecular weight is 212 g/mol. The Morgan fingerprint density at radius 1 is 1.40 bits per heavy atom. The van der Waals surface area contributed by atoms with Crippen molar-refractivity contribution in [3.8, 4) is 0 Å². The van der Waals surface area contributed by atoms with Crippen molar-refractivity contribution in [2.45, 2.75) is 38.4 Å². The lowest BCUT2D eigenvalue weighted by Crippen LogP contribution is -2.03. The van der Waals surface area contributed by atoms with Gasteiger partial charge in [-0.2, -0.15) is 0 Å². The fourth-order valence-corrected chi connectivity index (χ4v) is 1.85. The molecule has 0 saturated carbocycles. The van der Waals surface area contributed by atoms with Crippen LogP contribution in [0.25, 0.3) is 0 Å². The molecule has 0 radical (unpaired) electrons.